The molecule has 0 spiro atoms. The molecule has 0 aliphatic rings. The van der Waals surface area contributed by atoms with Crippen LogP contribution in [0, 0.1) is 0 Å². The number of nitrogens with zero attached hydrogens (tertiary/aromatic N) is 2. The predicted molar refractivity (Wildman–Crippen MR) is 88.6 cm³/mol. The minimum atomic E-state index is 0. The lowest BCUT2D eigenvalue weighted by Gasteiger charge is -2.07. The Balaban J connectivity index is 0.00000242. The molecule has 6 heteroatoms. The summed E-state index contributed by atoms with van der Waals surface area (Å²) in [4.78, 5) is 4.32. The normalized spacial score (nSPS) is 12.0. The Morgan fingerprint density at radius 1 is 1.18 bits per heavy atom. The molecule has 0 amide bonds. The molecule has 0 aliphatic carbocycles. The molecule has 0 bridgehead atoms. The van der Waals surface area contributed by atoms with E-state index in [1.54, 1.807) is 0 Å². The average Bonchev–Trinajstić information content (AvgIpc) is 2.93. The molecular formula is C16H24ClN3O2. The third kappa shape index (κ3) is 5.31. The zero-order valence-electron chi connectivity index (χ0n) is 13.5. The molecule has 1 unspecified atom stereocenters. The molecule has 0 saturated heterocycles. The van der Waals surface area contributed by atoms with E-state index in [1.165, 1.54) is 5.56 Å². The fourth-order valence-electron chi connectivity index (χ4n) is 1.90. The van der Waals surface area contributed by atoms with Crippen LogP contribution in [-0.4, -0.2) is 23.2 Å². The first-order valence-corrected chi connectivity index (χ1v) is 7.30. The highest BCUT2D eigenvalue weighted by atomic mass is 35.5. The molecule has 0 fully saturated rings. The van der Waals surface area contributed by atoms with Crippen molar-refractivity contribution in [3.8, 4) is 5.75 Å². The summed E-state index contributed by atoms with van der Waals surface area (Å²) in [6.07, 6.45) is 0.739. The standard InChI is InChI=1S/C16H23N3O2.ClH/c1-11(2)13-5-7-14(8-6-13)20-10-16-18-15(19-21-16)9-12(3)17-4;/h5-8,11-12,17H,9-10H2,1-4H3;1H. The highest BCUT2D eigenvalue weighted by Gasteiger charge is 2.10. The molecular weight excluding hydrogens is 302 g/mol. The zero-order chi connectivity index (χ0) is 15.2. The van der Waals surface area contributed by atoms with Gasteiger partial charge in [-0.15, -0.1) is 12.4 Å². The van der Waals surface area contributed by atoms with E-state index < -0.39 is 0 Å². The van der Waals surface area contributed by atoms with Gasteiger partial charge in [-0.1, -0.05) is 31.1 Å². The topological polar surface area (TPSA) is 60.2 Å². The summed E-state index contributed by atoms with van der Waals surface area (Å²) >= 11 is 0. The average molecular weight is 326 g/mol. The summed E-state index contributed by atoms with van der Waals surface area (Å²) in [5, 5.41) is 7.09. The highest BCUT2D eigenvalue weighted by Crippen LogP contribution is 2.19. The molecule has 1 aromatic carbocycles. The second kappa shape index (κ2) is 8.76. The van der Waals surface area contributed by atoms with E-state index in [-0.39, 0.29) is 12.4 Å². The van der Waals surface area contributed by atoms with Gasteiger partial charge < -0.3 is 14.6 Å². The number of benzene rings is 1. The van der Waals surface area contributed by atoms with Crippen molar-refractivity contribution in [3.05, 3.63) is 41.5 Å². The van der Waals surface area contributed by atoms with Gasteiger partial charge in [-0.3, -0.25) is 0 Å². The Labute approximate surface area is 137 Å². The van der Waals surface area contributed by atoms with E-state index in [1.807, 2.05) is 19.2 Å². The summed E-state index contributed by atoms with van der Waals surface area (Å²) in [6.45, 7) is 6.70. The molecule has 1 heterocycles. The van der Waals surface area contributed by atoms with Crippen molar-refractivity contribution in [2.45, 2.75) is 45.8 Å². The molecule has 22 heavy (non-hydrogen) atoms. The van der Waals surface area contributed by atoms with Crippen LogP contribution < -0.4 is 10.1 Å². The lowest BCUT2D eigenvalue weighted by molar-refractivity contribution is 0.242. The van der Waals surface area contributed by atoms with E-state index in [4.69, 9.17) is 9.26 Å². The maximum Gasteiger partial charge on any atom is 0.264 e. The van der Waals surface area contributed by atoms with E-state index in [9.17, 15) is 0 Å². The molecule has 1 aromatic heterocycles. The first-order valence-electron chi connectivity index (χ1n) is 7.30. The number of ether oxygens (including phenoxy) is 1. The van der Waals surface area contributed by atoms with Gasteiger partial charge in [-0.2, -0.15) is 4.98 Å². The fourth-order valence-corrected chi connectivity index (χ4v) is 1.90. The van der Waals surface area contributed by atoms with Gasteiger partial charge in [0.15, 0.2) is 12.4 Å². The first kappa shape index (κ1) is 18.5. The molecule has 1 N–H and O–H groups in total. The smallest absolute Gasteiger partial charge is 0.264 e. The van der Waals surface area contributed by atoms with Crippen molar-refractivity contribution in [3.63, 3.8) is 0 Å². The summed E-state index contributed by atoms with van der Waals surface area (Å²) in [5.41, 5.74) is 1.29. The first-order chi connectivity index (χ1) is 10.1. The number of rotatable bonds is 7. The maximum absolute atomic E-state index is 5.66. The molecule has 0 saturated carbocycles. The molecule has 0 aliphatic heterocycles. The van der Waals surface area contributed by atoms with Crippen LogP contribution in [0.3, 0.4) is 0 Å². The Bertz CT molecular complexity index is 555. The van der Waals surface area contributed by atoms with Crippen LogP contribution in [0.4, 0.5) is 0 Å². The lowest BCUT2D eigenvalue weighted by atomic mass is 10.0. The minimum absolute atomic E-state index is 0. The van der Waals surface area contributed by atoms with Gasteiger partial charge in [0.25, 0.3) is 5.89 Å². The number of likely N-dealkylation sites (N-methyl/N-ethyl adjacent to an activating group) is 1. The molecule has 122 valence electrons. The second-order valence-electron chi connectivity index (χ2n) is 5.51. The Morgan fingerprint density at radius 2 is 1.86 bits per heavy atom. The van der Waals surface area contributed by atoms with Gasteiger partial charge in [0, 0.05) is 12.5 Å². The largest absolute Gasteiger partial charge is 0.484 e. The number of nitrogens with one attached hydrogen (secondary N) is 1. The van der Waals surface area contributed by atoms with E-state index >= 15 is 0 Å². The number of aromatic nitrogens is 2. The summed E-state index contributed by atoms with van der Waals surface area (Å²) in [7, 11) is 1.91. The molecule has 2 aromatic rings. The van der Waals surface area contributed by atoms with Crippen LogP contribution >= 0.6 is 12.4 Å². The summed E-state index contributed by atoms with van der Waals surface area (Å²) in [6, 6.07) is 8.41. The number of halogens is 1. The van der Waals surface area contributed by atoms with Crippen molar-refractivity contribution in [2.24, 2.45) is 0 Å². The Kier molecular flexibility index (Phi) is 7.35. The van der Waals surface area contributed by atoms with Crippen LogP contribution in [0.2, 0.25) is 0 Å². The number of hydrogen-bond donors (Lipinski definition) is 1. The van der Waals surface area contributed by atoms with Crippen LogP contribution in [0.1, 0.15) is 44.0 Å². The maximum atomic E-state index is 5.66. The molecule has 2 rings (SSSR count). The van der Waals surface area contributed by atoms with Gasteiger partial charge in [-0.25, -0.2) is 0 Å². The lowest BCUT2D eigenvalue weighted by Crippen LogP contribution is -2.24. The van der Waals surface area contributed by atoms with Crippen LogP contribution in [0.15, 0.2) is 28.8 Å². The Hall–Kier alpha value is -1.59. The fraction of sp³-hybridized carbons (Fsp3) is 0.500. The Morgan fingerprint density at radius 3 is 2.45 bits per heavy atom. The van der Waals surface area contributed by atoms with Crippen molar-refractivity contribution < 1.29 is 9.26 Å². The number of hydrogen-bond acceptors (Lipinski definition) is 5. The van der Waals surface area contributed by atoms with Gasteiger partial charge in [0.2, 0.25) is 0 Å². The van der Waals surface area contributed by atoms with Gasteiger partial charge in [-0.05, 0) is 37.6 Å². The molecule has 0 radical (unpaired) electrons. The minimum Gasteiger partial charge on any atom is -0.484 e. The van der Waals surface area contributed by atoms with Crippen LogP contribution in [0.25, 0.3) is 0 Å². The van der Waals surface area contributed by atoms with Gasteiger partial charge in [0.05, 0.1) is 0 Å². The van der Waals surface area contributed by atoms with Crippen LogP contribution in [0.5, 0.6) is 5.75 Å². The third-order valence-electron chi connectivity index (χ3n) is 3.40. The van der Waals surface area contributed by atoms with Crippen LogP contribution in [-0.2, 0) is 13.0 Å². The highest BCUT2D eigenvalue weighted by molar-refractivity contribution is 5.85. The quantitative estimate of drug-likeness (QED) is 0.846. The van der Waals surface area contributed by atoms with E-state index in [0.717, 1.165) is 12.2 Å². The second-order valence-corrected chi connectivity index (χ2v) is 5.51. The summed E-state index contributed by atoms with van der Waals surface area (Å²) < 4.78 is 10.8. The third-order valence-corrected chi connectivity index (χ3v) is 3.40. The van der Waals surface area contributed by atoms with Gasteiger partial charge in [0.1, 0.15) is 5.75 Å². The zero-order valence-corrected chi connectivity index (χ0v) is 14.3. The van der Waals surface area contributed by atoms with Crippen molar-refractivity contribution in [2.75, 3.05) is 7.05 Å². The molecule has 5 nitrogen and oxygen atoms in total. The summed E-state index contributed by atoms with van der Waals surface area (Å²) in [5.74, 6) is 2.53. The van der Waals surface area contributed by atoms with Crippen molar-refractivity contribution >= 4 is 12.4 Å². The van der Waals surface area contributed by atoms with Crippen molar-refractivity contribution in [1.82, 2.24) is 15.5 Å². The monoisotopic (exact) mass is 325 g/mol. The van der Waals surface area contributed by atoms with E-state index in [2.05, 4.69) is 48.4 Å². The van der Waals surface area contributed by atoms with Crippen molar-refractivity contribution in [1.29, 1.82) is 0 Å². The van der Waals surface area contributed by atoms with Gasteiger partial charge >= 0.3 is 0 Å². The van der Waals surface area contributed by atoms with E-state index in [0.29, 0.717) is 30.3 Å². The molecule has 1 atom stereocenters. The SMILES string of the molecule is CNC(C)Cc1noc(COc2ccc(C(C)C)cc2)n1.Cl. The predicted octanol–water partition coefficient (Wildman–Crippen LogP) is 3.34.